The Morgan fingerprint density at radius 1 is 0.771 bits per heavy atom. The third-order valence-electron chi connectivity index (χ3n) is 6.22. The van der Waals surface area contributed by atoms with E-state index >= 15 is 0 Å². The van der Waals surface area contributed by atoms with Crippen LogP contribution >= 0.6 is 0 Å². The van der Waals surface area contributed by atoms with Crippen LogP contribution in [0, 0.1) is 6.92 Å². The maximum Gasteiger partial charge on any atom is 0.227 e. The van der Waals surface area contributed by atoms with E-state index in [4.69, 9.17) is 24.4 Å². The SMILES string of the molecule is Cc1cc2c(cc1-c1cccc[n+]1C)oc1nc(-c3nc(C(C)(C)C)nc(C(C)(C)C)n3)ccc12. The molecule has 0 spiro atoms. The summed E-state index contributed by atoms with van der Waals surface area (Å²) in [6.45, 7) is 14.8. The summed E-state index contributed by atoms with van der Waals surface area (Å²) in [5, 5.41) is 2.04. The molecule has 0 saturated heterocycles. The first-order valence-corrected chi connectivity index (χ1v) is 12.0. The summed E-state index contributed by atoms with van der Waals surface area (Å²) in [6, 6.07) is 14.5. The van der Waals surface area contributed by atoms with Crippen LogP contribution < -0.4 is 4.57 Å². The number of pyridine rings is 2. The summed E-state index contributed by atoms with van der Waals surface area (Å²) in [6.07, 6.45) is 2.05. The molecular formula is C29H32N5O+. The lowest BCUT2D eigenvalue weighted by Crippen LogP contribution is -2.30. The van der Waals surface area contributed by atoms with E-state index in [2.05, 4.69) is 96.6 Å². The Morgan fingerprint density at radius 3 is 2.09 bits per heavy atom. The van der Waals surface area contributed by atoms with Gasteiger partial charge in [-0.05, 0) is 42.8 Å². The van der Waals surface area contributed by atoms with Crippen LogP contribution in [0.3, 0.4) is 0 Å². The first-order chi connectivity index (χ1) is 16.4. The highest BCUT2D eigenvalue weighted by molar-refractivity contribution is 6.05. The Hall–Kier alpha value is -3.67. The molecular weight excluding hydrogens is 434 g/mol. The van der Waals surface area contributed by atoms with Gasteiger partial charge in [-0.15, -0.1) is 0 Å². The highest BCUT2D eigenvalue weighted by Crippen LogP contribution is 2.34. The second-order valence-corrected chi connectivity index (χ2v) is 11.3. The van der Waals surface area contributed by atoms with Gasteiger partial charge in [-0.25, -0.2) is 24.5 Å². The summed E-state index contributed by atoms with van der Waals surface area (Å²) in [7, 11) is 2.05. The zero-order valence-electron chi connectivity index (χ0n) is 21.8. The van der Waals surface area contributed by atoms with Crippen molar-refractivity contribution in [2.45, 2.75) is 59.3 Å². The second kappa shape index (κ2) is 7.94. The molecule has 35 heavy (non-hydrogen) atoms. The maximum atomic E-state index is 6.28. The van der Waals surface area contributed by atoms with E-state index in [9.17, 15) is 0 Å². The molecule has 4 aromatic heterocycles. The van der Waals surface area contributed by atoms with Crippen molar-refractivity contribution in [1.82, 2.24) is 19.9 Å². The average Bonchev–Trinajstić information content (AvgIpc) is 3.14. The van der Waals surface area contributed by atoms with E-state index in [-0.39, 0.29) is 10.8 Å². The smallest absolute Gasteiger partial charge is 0.227 e. The van der Waals surface area contributed by atoms with Crippen molar-refractivity contribution < 1.29 is 8.98 Å². The molecule has 0 bridgehead atoms. The van der Waals surface area contributed by atoms with E-state index in [0.29, 0.717) is 17.2 Å². The van der Waals surface area contributed by atoms with Gasteiger partial charge in [-0.1, -0.05) is 41.5 Å². The van der Waals surface area contributed by atoms with Gasteiger partial charge in [0.15, 0.2) is 12.0 Å². The standard InChI is InChI=1S/C29H32N5O/c1-17-15-20-18-12-13-21(24-31-26(28(2,3)4)33-27(32-24)29(5,6)7)30-25(18)35-23(20)16-19(17)22-11-9-10-14-34(22)8/h9-16H,1-8H3/q+1. The van der Waals surface area contributed by atoms with Gasteiger partial charge in [-0.3, -0.25) is 0 Å². The summed E-state index contributed by atoms with van der Waals surface area (Å²) < 4.78 is 8.39. The predicted octanol–water partition coefficient (Wildman–Crippen LogP) is 6.23. The monoisotopic (exact) mass is 466 g/mol. The van der Waals surface area contributed by atoms with Crippen molar-refractivity contribution in [3.63, 3.8) is 0 Å². The molecule has 0 saturated carbocycles. The molecule has 0 radical (unpaired) electrons. The normalized spacial score (nSPS) is 12.6. The number of aromatic nitrogens is 5. The van der Waals surface area contributed by atoms with Gasteiger partial charge in [0, 0.05) is 33.7 Å². The van der Waals surface area contributed by atoms with Crippen LogP contribution in [-0.4, -0.2) is 19.9 Å². The molecule has 6 heteroatoms. The summed E-state index contributed by atoms with van der Waals surface area (Å²) in [5.41, 5.74) is 5.13. The highest BCUT2D eigenvalue weighted by atomic mass is 16.3. The van der Waals surface area contributed by atoms with Gasteiger partial charge in [0.25, 0.3) is 0 Å². The molecule has 1 aromatic carbocycles. The van der Waals surface area contributed by atoms with Crippen molar-refractivity contribution in [1.29, 1.82) is 0 Å². The molecule has 0 fully saturated rings. The number of nitrogens with zero attached hydrogens (tertiary/aromatic N) is 5. The molecule has 0 amide bonds. The fourth-order valence-electron chi connectivity index (χ4n) is 4.18. The molecule has 0 unspecified atom stereocenters. The Balaban J connectivity index is 1.68. The minimum atomic E-state index is -0.206. The number of hydrogen-bond acceptors (Lipinski definition) is 5. The van der Waals surface area contributed by atoms with Crippen molar-refractivity contribution in [3.8, 4) is 22.8 Å². The minimum Gasteiger partial charge on any atom is -0.438 e. The van der Waals surface area contributed by atoms with Crippen molar-refractivity contribution in [2.75, 3.05) is 0 Å². The Morgan fingerprint density at radius 2 is 1.46 bits per heavy atom. The molecule has 4 heterocycles. The molecule has 0 atom stereocenters. The number of fused-ring (bicyclic) bond motifs is 3. The van der Waals surface area contributed by atoms with Gasteiger partial charge in [0.05, 0.1) is 5.56 Å². The third-order valence-corrected chi connectivity index (χ3v) is 6.22. The third kappa shape index (κ3) is 4.18. The second-order valence-electron chi connectivity index (χ2n) is 11.3. The fraction of sp³-hybridized carbons (Fsp3) is 0.345. The topological polar surface area (TPSA) is 68.6 Å². The lowest BCUT2D eigenvalue weighted by atomic mass is 9.93. The predicted molar refractivity (Wildman–Crippen MR) is 139 cm³/mol. The van der Waals surface area contributed by atoms with Crippen LogP contribution in [0.15, 0.2) is 53.1 Å². The molecule has 0 aliphatic rings. The number of furan rings is 1. The van der Waals surface area contributed by atoms with Gasteiger partial charge in [0.1, 0.15) is 30.0 Å². The van der Waals surface area contributed by atoms with E-state index in [1.54, 1.807) is 0 Å². The highest BCUT2D eigenvalue weighted by Gasteiger charge is 2.26. The number of aryl methyl sites for hydroxylation is 2. The van der Waals surface area contributed by atoms with E-state index in [1.807, 2.05) is 12.1 Å². The Labute approximate surface area is 206 Å². The quantitative estimate of drug-likeness (QED) is 0.289. The average molecular weight is 467 g/mol. The van der Waals surface area contributed by atoms with Gasteiger partial charge >= 0.3 is 0 Å². The first-order valence-electron chi connectivity index (χ1n) is 12.0. The van der Waals surface area contributed by atoms with E-state index in [0.717, 1.165) is 39.3 Å². The summed E-state index contributed by atoms with van der Waals surface area (Å²) in [4.78, 5) is 19.2. The lowest BCUT2D eigenvalue weighted by molar-refractivity contribution is -0.660. The summed E-state index contributed by atoms with van der Waals surface area (Å²) >= 11 is 0. The zero-order chi connectivity index (χ0) is 25.1. The lowest BCUT2D eigenvalue weighted by Gasteiger charge is -2.22. The molecule has 0 N–H and O–H groups in total. The van der Waals surface area contributed by atoms with Crippen molar-refractivity contribution in [2.24, 2.45) is 7.05 Å². The molecule has 0 aliphatic carbocycles. The molecule has 6 nitrogen and oxygen atoms in total. The Kier molecular flexibility index (Phi) is 5.24. The number of hydrogen-bond donors (Lipinski definition) is 0. The Bertz CT molecular complexity index is 1550. The molecule has 5 aromatic rings. The minimum absolute atomic E-state index is 0.206. The zero-order valence-corrected chi connectivity index (χ0v) is 21.8. The maximum absolute atomic E-state index is 6.28. The van der Waals surface area contributed by atoms with Crippen LogP contribution in [-0.2, 0) is 17.9 Å². The molecule has 178 valence electrons. The fourth-order valence-corrected chi connectivity index (χ4v) is 4.18. The first kappa shape index (κ1) is 23.1. The molecule has 5 rings (SSSR count). The van der Waals surface area contributed by atoms with Crippen LogP contribution in [0.4, 0.5) is 0 Å². The van der Waals surface area contributed by atoms with Crippen LogP contribution in [0.5, 0.6) is 0 Å². The summed E-state index contributed by atoms with van der Waals surface area (Å²) in [5.74, 6) is 2.09. The molecule has 0 aliphatic heterocycles. The van der Waals surface area contributed by atoms with Gasteiger partial charge in [-0.2, -0.15) is 0 Å². The van der Waals surface area contributed by atoms with Crippen LogP contribution in [0.2, 0.25) is 0 Å². The van der Waals surface area contributed by atoms with E-state index < -0.39 is 0 Å². The number of rotatable bonds is 2. The largest absolute Gasteiger partial charge is 0.438 e. The van der Waals surface area contributed by atoms with Crippen LogP contribution in [0.1, 0.15) is 58.8 Å². The van der Waals surface area contributed by atoms with Gasteiger partial charge in [0.2, 0.25) is 11.4 Å². The van der Waals surface area contributed by atoms with Crippen molar-refractivity contribution >= 4 is 22.1 Å². The number of benzene rings is 1. The van der Waals surface area contributed by atoms with Crippen molar-refractivity contribution in [3.05, 3.63) is 65.9 Å². The van der Waals surface area contributed by atoms with Crippen LogP contribution in [0.25, 0.3) is 44.8 Å². The van der Waals surface area contributed by atoms with Gasteiger partial charge < -0.3 is 4.42 Å². The van der Waals surface area contributed by atoms with E-state index in [1.165, 1.54) is 5.56 Å².